The van der Waals surface area contributed by atoms with Gasteiger partial charge in [0.25, 0.3) is 0 Å². The van der Waals surface area contributed by atoms with Gasteiger partial charge in [-0.1, -0.05) is 30.8 Å². The molecule has 0 radical (unpaired) electrons. The Kier molecular flexibility index (Phi) is 6.74. The molecule has 148 valence electrons. The molecule has 0 aliphatic rings. The molecule has 2 heterocycles. The summed E-state index contributed by atoms with van der Waals surface area (Å²) in [5.41, 5.74) is 1.74. The molecule has 0 atom stereocenters. The summed E-state index contributed by atoms with van der Waals surface area (Å²) in [6.07, 6.45) is 1.01. The number of benzene rings is 1. The molecule has 0 bridgehead atoms. The smallest absolute Gasteiger partial charge is 0.234 e. The van der Waals surface area contributed by atoms with Crippen LogP contribution < -0.4 is 10.1 Å². The van der Waals surface area contributed by atoms with E-state index in [1.165, 1.54) is 16.6 Å². The molecule has 8 heteroatoms. The molecule has 3 aromatic rings. The highest BCUT2D eigenvalue weighted by atomic mass is 32.2. The minimum absolute atomic E-state index is 0.113. The summed E-state index contributed by atoms with van der Waals surface area (Å²) in [6.45, 7) is 6.34. The van der Waals surface area contributed by atoms with Crippen LogP contribution in [-0.4, -0.2) is 33.5 Å². The molecule has 0 saturated carbocycles. The number of thioether (sulfide) groups is 1. The minimum atomic E-state index is -0.113. The van der Waals surface area contributed by atoms with Crippen molar-refractivity contribution in [2.75, 3.05) is 18.2 Å². The van der Waals surface area contributed by atoms with Gasteiger partial charge in [-0.2, -0.15) is 0 Å². The maximum atomic E-state index is 12.4. The number of amides is 1. The lowest BCUT2D eigenvalue weighted by molar-refractivity contribution is -0.113. The first-order chi connectivity index (χ1) is 13.5. The average molecular weight is 417 g/mol. The zero-order valence-electron chi connectivity index (χ0n) is 16.4. The van der Waals surface area contributed by atoms with Gasteiger partial charge in [-0.3, -0.25) is 9.36 Å². The number of carbonyl (C=O) groups is 1. The van der Waals surface area contributed by atoms with E-state index in [2.05, 4.69) is 52.3 Å². The van der Waals surface area contributed by atoms with Crippen LogP contribution in [0.15, 0.2) is 40.9 Å². The van der Waals surface area contributed by atoms with Crippen LogP contribution in [0.25, 0.3) is 11.4 Å². The molecule has 1 N–H and O–H groups in total. The van der Waals surface area contributed by atoms with Crippen molar-refractivity contribution in [2.45, 2.75) is 38.4 Å². The van der Waals surface area contributed by atoms with Crippen molar-refractivity contribution in [3.63, 3.8) is 0 Å². The number of nitrogens with one attached hydrogen (secondary N) is 1. The van der Waals surface area contributed by atoms with Gasteiger partial charge in [-0.25, -0.2) is 0 Å². The Balaban J connectivity index is 1.73. The van der Waals surface area contributed by atoms with E-state index < -0.39 is 0 Å². The predicted molar refractivity (Wildman–Crippen MR) is 115 cm³/mol. The van der Waals surface area contributed by atoms with Crippen LogP contribution in [0, 0.1) is 0 Å². The molecular weight excluding hydrogens is 392 g/mol. The van der Waals surface area contributed by atoms with Gasteiger partial charge in [0.1, 0.15) is 5.75 Å². The van der Waals surface area contributed by atoms with Crippen molar-refractivity contribution in [1.82, 2.24) is 14.8 Å². The third kappa shape index (κ3) is 4.56. The molecular formula is C20H24N4O2S2. The number of para-hydroxylation sites is 2. The molecule has 1 aromatic carbocycles. The quantitative estimate of drug-likeness (QED) is 0.530. The van der Waals surface area contributed by atoms with Gasteiger partial charge < -0.3 is 10.1 Å². The van der Waals surface area contributed by atoms with E-state index in [4.69, 9.17) is 4.74 Å². The van der Waals surface area contributed by atoms with Gasteiger partial charge in [-0.05, 0) is 38.5 Å². The molecule has 0 spiro atoms. The zero-order chi connectivity index (χ0) is 20.1. The highest BCUT2D eigenvalue weighted by Gasteiger charge is 2.19. The third-order valence-corrected chi connectivity index (χ3v) is 6.18. The molecule has 28 heavy (non-hydrogen) atoms. The fraction of sp³-hybridized carbons (Fsp3) is 0.350. The lowest BCUT2D eigenvalue weighted by Crippen LogP contribution is -2.15. The summed E-state index contributed by atoms with van der Waals surface area (Å²) in [7, 11) is 1.58. The van der Waals surface area contributed by atoms with Crippen molar-refractivity contribution in [2.24, 2.45) is 0 Å². The van der Waals surface area contributed by atoms with Gasteiger partial charge in [0.2, 0.25) is 5.91 Å². The Labute approximate surface area is 173 Å². The largest absolute Gasteiger partial charge is 0.495 e. The number of anilines is 1. The molecule has 0 saturated heterocycles. The first-order valence-electron chi connectivity index (χ1n) is 9.11. The average Bonchev–Trinajstić information content (AvgIpc) is 3.33. The molecule has 0 fully saturated rings. The Hall–Kier alpha value is -2.32. The van der Waals surface area contributed by atoms with Gasteiger partial charge in [0.05, 0.1) is 18.6 Å². The number of carbonyl (C=O) groups excluding carboxylic acids is 1. The van der Waals surface area contributed by atoms with Crippen LogP contribution in [0.3, 0.4) is 0 Å². The van der Waals surface area contributed by atoms with E-state index in [-0.39, 0.29) is 17.7 Å². The number of aromatic nitrogens is 3. The second-order valence-corrected chi connectivity index (χ2v) is 8.40. The van der Waals surface area contributed by atoms with Gasteiger partial charge >= 0.3 is 0 Å². The van der Waals surface area contributed by atoms with Crippen molar-refractivity contribution >= 4 is 34.7 Å². The molecule has 1 amide bonds. The highest BCUT2D eigenvalue weighted by Crippen LogP contribution is 2.31. The summed E-state index contributed by atoms with van der Waals surface area (Å²) >= 11 is 3.12. The van der Waals surface area contributed by atoms with Crippen molar-refractivity contribution < 1.29 is 9.53 Å². The Bertz CT molecular complexity index is 949. The van der Waals surface area contributed by atoms with E-state index >= 15 is 0 Å². The maximum Gasteiger partial charge on any atom is 0.234 e. The molecule has 2 aromatic heterocycles. The Morgan fingerprint density at radius 3 is 2.79 bits per heavy atom. The lowest BCUT2D eigenvalue weighted by Gasteiger charge is -2.13. The number of hydrogen-bond donors (Lipinski definition) is 1. The van der Waals surface area contributed by atoms with E-state index in [1.54, 1.807) is 18.4 Å². The van der Waals surface area contributed by atoms with Gasteiger partial charge in [0.15, 0.2) is 11.0 Å². The Morgan fingerprint density at radius 2 is 2.11 bits per heavy atom. The summed E-state index contributed by atoms with van der Waals surface area (Å²) < 4.78 is 7.36. The van der Waals surface area contributed by atoms with Gasteiger partial charge in [0, 0.05) is 21.9 Å². The SMILES string of the molecule is CCc1cc(-c2nnc(SCC(=O)Nc3ccccc3OC)n2C(C)C)cs1. The van der Waals surface area contributed by atoms with Crippen LogP contribution in [0.2, 0.25) is 0 Å². The second-order valence-electron chi connectivity index (χ2n) is 6.46. The number of aryl methyl sites for hydroxylation is 1. The predicted octanol–water partition coefficient (Wildman–Crippen LogP) is 4.89. The summed E-state index contributed by atoms with van der Waals surface area (Å²) in [5.74, 6) is 1.61. The topological polar surface area (TPSA) is 69.0 Å². The van der Waals surface area contributed by atoms with Crippen LogP contribution in [0.5, 0.6) is 5.75 Å². The number of rotatable bonds is 8. The third-order valence-electron chi connectivity index (χ3n) is 4.15. The van der Waals surface area contributed by atoms with E-state index in [9.17, 15) is 4.79 Å². The summed E-state index contributed by atoms with van der Waals surface area (Å²) in [4.78, 5) is 13.7. The molecule has 0 unspecified atom stereocenters. The van der Waals surface area contributed by atoms with E-state index in [0.29, 0.717) is 11.4 Å². The van der Waals surface area contributed by atoms with Crippen LogP contribution in [0.1, 0.15) is 31.7 Å². The number of thiophene rings is 1. The molecule has 0 aliphatic heterocycles. The normalized spacial score (nSPS) is 11.0. The first kappa shape index (κ1) is 20.4. The van der Waals surface area contributed by atoms with Crippen LogP contribution >= 0.6 is 23.1 Å². The standard InChI is InChI=1S/C20H24N4O2S2/c1-5-15-10-14(11-27-15)19-22-23-20(24(19)13(2)3)28-12-18(25)21-16-8-6-7-9-17(16)26-4/h6-11,13H,5,12H2,1-4H3,(H,21,25). The summed E-state index contributed by atoms with van der Waals surface area (Å²) in [6, 6.07) is 9.71. The maximum absolute atomic E-state index is 12.4. The minimum Gasteiger partial charge on any atom is -0.495 e. The fourth-order valence-electron chi connectivity index (χ4n) is 2.79. The van der Waals surface area contributed by atoms with Crippen molar-refractivity contribution in [3.05, 3.63) is 40.6 Å². The van der Waals surface area contributed by atoms with Crippen LogP contribution in [-0.2, 0) is 11.2 Å². The Morgan fingerprint density at radius 1 is 1.32 bits per heavy atom. The van der Waals surface area contributed by atoms with Crippen molar-refractivity contribution in [3.8, 4) is 17.1 Å². The van der Waals surface area contributed by atoms with Crippen LogP contribution in [0.4, 0.5) is 5.69 Å². The monoisotopic (exact) mass is 416 g/mol. The summed E-state index contributed by atoms with van der Waals surface area (Å²) in [5, 5.41) is 14.5. The first-order valence-corrected chi connectivity index (χ1v) is 11.0. The van der Waals surface area contributed by atoms with Crippen molar-refractivity contribution in [1.29, 1.82) is 0 Å². The number of nitrogens with zero attached hydrogens (tertiary/aromatic N) is 3. The van der Waals surface area contributed by atoms with Gasteiger partial charge in [-0.15, -0.1) is 21.5 Å². The number of ether oxygens (including phenoxy) is 1. The second kappa shape index (κ2) is 9.25. The fourth-order valence-corrected chi connectivity index (χ4v) is 4.47. The zero-order valence-corrected chi connectivity index (χ0v) is 18.1. The molecule has 3 rings (SSSR count). The highest BCUT2D eigenvalue weighted by molar-refractivity contribution is 7.99. The van der Waals surface area contributed by atoms with E-state index in [0.717, 1.165) is 23.0 Å². The molecule has 6 nitrogen and oxygen atoms in total. The molecule has 0 aliphatic carbocycles. The van der Waals surface area contributed by atoms with E-state index in [1.807, 2.05) is 24.3 Å². The lowest BCUT2D eigenvalue weighted by atomic mass is 10.2. The number of hydrogen-bond acceptors (Lipinski definition) is 6. The number of methoxy groups -OCH3 is 1.